The second-order valence-electron chi connectivity index (χ2n) is 19.7. The lowest BCUT2D eigenvalue weighted by Gasteiger charge is -2.15. The Kier molecular flexibility index (Phi) is 59.5. The highest BCUT2D eigenvalue weighted by Gasteiger charge is 2.16. The molecule has 0 aliphatic rings. The SMILES string of the molecule is CC/C=C\C/C=C\C/C=C\C/C=C\C/C=C\C/C=C\C/C=C\C/C=C\C/C=C\CCCC(=O)OC(CO)COC(=O)CCCCCCCCCCCCCCCCCC/C=C\C/C=C\C/C=C\CCCCCCC. The van der Waals surface area contributed by atoms with Gasteiger partial charge in [-0.3, -0.25) is 9.59 Å². The van der Waals surface area contributed by atoms with Crippen LogP contribution in [0.1, 0.15) is 258 Å². The van der Waals surface area contributed by atoms with Gasteiger partial charge in [0.15, 0.2) is 6.10 Å². The molecule has 5 nitrogen and oxygen atoms in total. The molecule has 0 radical (unpaired) electrons. The van der Waals surface area contributed by atoms with Crippen LogP contribution in [0.15, 0.2) is 146 Å². The Morgan fingerprint density at radius 2 is 0.595 bits per heavy atom. The molecule has 0 spiro atoms. The number of hydrogen-bond donors (Lipinski definition) is 1. The van der Waals surface area contributed by atoms with E-state index >= 15 is 0 Å². The van der Waals surface area contributed by atoms with Crippen molar-refractivity contribution in [1.82, 2.24) is 0 Å². The average Bonchev–Trinajstić information content (AvgIpc) is 3.40. The first-order valence-electron chi connectivity index (χ1n) is 30.4. The predicted molar refractivity (Wildman–Crippen MR) is 324 cm³/mol. The van der Waals surface area contributed by atoms with E-state index in [0.717, 1.165) is 96.3 Å². The molecule has 0 aliphatic carbocycles. The third kappa shape index (κ3) is 60.3. The number of carbonyl (C=O) groups excluding carboxylic acids is 2. The van der Waals surface area contributed by atoms with E-state index in [4.69, 9.17) is 9.47 Å². The van der Waals surface area contributed by atoms with Gasteiger partial charge in [0.25, 0.3) is 0 Å². The van der Waals surface area contributed by atoms with Crippen LogP contribution in [0.4, 0.5) is 0 Å². The van der Waals surface area contributed by atoms with E-state index in [1.807, 2.05) is 0 Å². The van der Waals surface area contributed by atoms with Gasteiger partial charge < -0.3 is 14.6 Å². The molecule has 0 saturated carbocycles. The lowest BCUT2D eigenvalue weighted by Crippen LogP contribution is -2.28. The Morgan fingerprint density at radius 1 is 0.324 bits per heavy atom. The van der Waals surface area contributed by atoms with E-state index in [-0.39, 0.29) is 31.6 Å². The molecule has 0 bridgehead atoms. The molecule has 0 heterocycles. The molecule has 0 aromatic carbocycles. The van der Waals surface area contributed by atoms with E-state index in [0.29, 0.717) is 12.8 Å². The van der Waals surface area contributed by atoms with Crippen molar-refractivity contribution in [3.63, 3.8) is 0 Å². The molecular weight excluding hydrogens is 909 g/mol. The maximum atomic E-state index is 12.3. The van der Waals surface area contributed by atoms with Crippen molar-refractivity contribution < 1.29 is 24.2 Å². The summed E-state index contributed by atoms with van der Waals surface area (Å²) in [7, 11) is 0. The number of aliphatic hydroxyl groups is 1. The minimum absolute atomic E-state index is 0.0974. The number of unbranched alkanes of at least 4 members (excludes halogenated alkanes) is 22. The normalized spacial score (nSPS) is 13.3. The largest absolute Gasteiger partial charge is 0.462 e. The zero-order valence-corrected chi connectivity index (χ0v) is 47.8. The van der Waals surface area contributed by atoms with E-state index in [9.17, 15) is 14.7 Å². The van der Waals surface area contributed by atoms with Crippen LogP contribution in [-0.4, -0.2) is 36.4 Å². The Hall–Kier alpha value is -4.22. The first-order chi connectivity index (χ1) is 36.6. The standard InChI is InChI=1S/C69H112O5/c1-3-5-7-9-11-13-15-17-19-21-23-25-27-29-31-33-34-36-37-39-41-43-45-47-49-51-53-55-57-59-61-63-68(71)73-66-67(65-70)74-69(72)64-62-60-58-56-54-52-50-48-46-44-42-40-38-35-32-30-28-26-24-22-20-18-16-14-12-10-8-6-4-2/h6,8,12,14-15,17-18,20-21,23-24,26-27,29-30,32,38,40,44,46,50,52,56,58,67,70H,3-5,7,9-11,13,16,19,22,25,28,31,33-37,39,41-43,45,47-49,51,53-55,57,59-66H2,1-2H3/b8-6-,14-12-,17-15-,20-18-,23-21-,26-24-,29-27-,32-30-,40-38-,46-44-,52-50-,58-56-. The van der Waals surface area contributed by atoms with Crippen LogP contribution in [-0.2, 0) is 19.1 Å². The maximum absolute atomic E-state index is 12.3. The van der Waals surface area contributed by atoms with Crippen molar-refractivity contribution in [3.05, 3.63) is 146 Å². The number of carbonyl (C=O) groups is 2. The summed E-state index contributed by atoms with van der Waals surface area (Å²) in [5.41, 5.74) is 0. The van der Waals surface area contributed by atoms with Gasteiger partial charge in [0.2, 0.25) is 0 Å². The van der Waals surface area contributed by atoms with Crippen LogP contribution in [0, 0.1) is 0 Å². The fraction of sp³-hybridized carbons (Fsp3) is 0.623. The third-order valence-corrected chi connectivity index (χ3v) is 12.6. The van der Waals surface area contributed by atoms with Gasteiger partial charge in [-0.15, -0.1) is 0 Å². The summed E-state index contributed by atoms with van der Waals surface area (Å²) in [6.45, 7) is 3.97. The van der Waals surface area contributed by atoms with Gasteiger partial charge >= 0.3 is 11.9 Å². The van der Waals surface area contributed by atoms with Gasteiger partial charge in [-0.25, -0.2) is 0 Å². The summed E-state index contributed by atoms with van der Waals surface area (Å²) in [5, 5.41) is 9.66. The minimum Gasteiger partial charge on any atom is -0.462 e. The van der Waals surface area contributed by atoms with Crippen LogP contribution in [0.25, 0.3) is 0 Å². The van der Waals surface area contributed by atoms with Crippen molar-refractivity contribution >= 4 is 11.9 Å². The van der Waals surface area contributed by atoms with E-state index < -0.39 is 6.10 Å². The molecule has 74 heavy (non-hydrogen) atoms. The summed E-state index contributed by atoms with van der Waals surface area (Å²) in [5.74, 6) is -0.666. The van der Waals surface area contributed by atoms with Gasteiger partial charge in [0, 0.05) is 12.8 Å². The second-order valence-corrected chi connectivity index (χ2v) is 19.7. The van der Waals surface area contributed by atoms with Gasteiger partial charge in [-0.05, 0) is 116 Å². The van der Waals surface area contributed by atoms with Crippen LogP contribution in [0.3, 0.4) is 0 Å². The van der Waals surface area contributed by atoms with Gasteiger partial charge in [0.05, 0.1) is 6.61 Å². The molecule has 0 aromatic heterocycles. The van der Waals surface area contributed by atoms with Gasteiger partial charge in [-0.2, -0.15) is 0 Å². The van der Waals surface area contributed by atoms with Gasteiger partial charge in [-0.1, -0.05) is 275 Å². The highest BCUT2D eigenvalue weighted by atomic mass is 16.6. The topological polar surface area (TPSA) is 72.8 Å². The zero-order valence-electron chi connectivity index (χ0n) is 47.8. The van der Waals surface area contributed by atoms with Crippen LogP contribution in [0.5, 0.6) is 0 Å². The molecule has 418 valence electrons. The van der Waals surface area contributed by atoms with Crippen LogP contribution >= 0.6 is 0 Å². The molecule has 0 saturated heterocycles. The highest BCUT2D eigenvalue weighted by molar-refractivity contribution is 5.70. The number of ether oxygens (including phenoxy) is 2. The van der Waals surface area contributed by atoms with Crippen LogP contribution < -0.4 is 0 Å². The average molecular weight is 1020 g/mol. The molecule has 0 aromatic rings. The molecule has 0 aliphatic heterocycles. The quantitative estimate of drug-likeness (QED) is 0.0373. The molecule has 0 amide bonds. The Labute approximate surface area is 457 Å². The van der Waals surface area contributed by atoms with E-state index in [1.54, 1.807) is 0 Å². The van der Waals surface area contributed by atoms with Crippen molar-refractivity contribution in [2.45, 2.75) is 264 Å². The Bertz CT molecular complexity index is 1580. The van der Waals surface area contributed by atoms with Gasteiger partial charge in [0.1, 0.15) is 6.61 Å². The van der Waals surface area contributed by atoms with E-state index in [1.165, 1.54) is 128 Å². The zero-order chi connectivity index (χ0) is 53.4. The molecule has 5 heteroatoms. The molecule has 0 fully saturated rings. The maximum Gasteiger partial charge on any atom is 0.306 e. The molecule has 1 unspecified atom stereocenters. The summed E-state index contributed by atoms with van der Waals surface area (Å²) in [6, 6.07) is 0. The fourth-order valence-corrected chi connectivity index (χ4v) is 8.09. The lowest BCUT2D eigenvalue weighted by molar-refractivity contribution is -0.161. The summed E-state index contributed by atoms with van der Waals surface area (Å²) >= 11 is 0. The highest BCUT2D eigenvalue weighted by Crippen LogP contribution is 2.15. The van der Waals surface area contributed by atoms with Crippen molar-refractivity contribution in [3.8, 4) is 0 Å². The first kappa shape index (κ1) is 69.8. The number of aliphatic hydroxyl groups excluding tert-OH is 1. The fourth-order valence-electron chi connectivity index (χ4n) is 8.09. The third-order valence-electron chi connectivity index (χ3n) is 12.6. The first-order valence-corrected chi connectivity index (χ1v) is 30.4. The monoisotopic (exact) mass is 1020 g/mol. The number of esters is 2. The van der Waals surface area contributed by atoms with Crippen molar-refractivity contribution in [2.24, 2.45) is 0 Å². The number of hydrogen-bond acceptors (Lipinski definition) is 5. The number of rotatable bonds is 54. The van der Waals surface area contributed by atoms with Crippen molar-refractivity contribution in [2.75, 3.05) is 13.2 Å². The van der Waals surface area contributed by atoms with Crippen molar-refractivity contribution in [1.29, 1.82) is 0 Å². The smallest absolute Gasteiger partial charge is 0.306 e. The lowest BCUT2D eigenvalue weighted by atomic mass is 10.0. The molecular formula is C69H112O5. The molecule has 1 N–H and O–H groups in total. The second kappa shape index (κ2) is 63.1. The number of allylic oxidation sites excluding steroid dienone is 24. The summed E-state index contributed by atoms with van der Waals surface area (Å²) < 4.78 is 10.7. The van der Waals surface area contributed by atoms with E-state index in [2.05, 4.69) is 160 Å². The Balaban J connectivity index is 3.61. The molecule has 1 atom stereocenters. The summed E-state index contributed by atoms with van der Waals surface area (Å²) in [4.78, 5) is 24.5. The summed E-state index contributed by atoms with van der Waals surface area (Å²) in [6.07, 6.45) is 95.5. The Morgan fingerprint density at radius 3 is 0.919 bits per heavy atom. The predicted octanol–water partition coefficient (Wildman–Crippen LogP) is 21.0. The minimum atomic E-state index is -0.814. The molecule has 0 rings (SSSR count). The van der Waals surface area contributed by atoms with Crippen LogP contribution in [0.2, 0.25) is 0 Å².